The molecule has 0 saturated carbocycles. The summed E-state index contributed by atoms with van der Waals surface area (Å²) in [6.45, 7) is 1.73. The van der Waals surface area contributed by atoms with Gasteiger partial charge in [0.2, 0.25) is 0 Å². The summed E-state index contributed by atoms with van der Waals surface area (Å²) >= 11 is 0. The van der Waals surface area contributed by atoms with Crippen LogP contribution < -0.4 is 5.32 Å². The molecule has 0 bridgehead atoms. The maximum atomic E-state index is 10.2. The topological polar surface area (TPSA) is 49.3 Å². The summed E-state index contributed by atoms with van der Waals surface area (Å²) in [5.74, 6) is -0.710. The summed E-state index contributed by atoms with van der Waals surface area (Å²) < 4.78 is 0. The van der Waals surface area contributed by atoms with Crippen LogP contribution in [0.4, 0.5) is 0 Å². The number of rotatable bonds is 7. The number of hydrogen-bond donors (Lipinski definition) is 2. The van der Waals surface area contributed by atoms with Gasteiger partial charge in [-0.3, -0.25) is 4.79 Å². The van der Waals surface area contributed by atoms with E-state index in [1.54, 1.807) is 0 Å². The van der Waals surface area contributed by atoms with E-state index in [1.165, 1.54) is 5.56 Å². The molecule has 0 saturated heterocycles. The summed E-state index contributed by atoms with van der Waals surface area (Å²) in [6, 6.07) is 10.2. The Kier molecular flexibility index (Phi) is 8.58. The number of unbranched alkanes of at least 4 members (excludes halogenated alkanes) is 1. The monoisotopic (exact) mass is 243 g/mol. The molecule has 90 valence electrons. The van der Waals surface area contributed by atoms with Crippen molar-refractivity contribution in [1.29, 1.82) is 0 Å². The van der Waals surface area contributed by atoms with Gasteiger partial charge in [-0.05, 0) is 24.9 Å². The molecule has 0 aromatic heterocycles. The smallest absolute Gasteiger partial charge is 0.303 e. The first kappa shape index (κ1) is 14.9. The molecule has 1 aromatic carbocycles. The van der Waals surface area contributed by atoms with Crippen LogP contribution in [-0.2, 0) is 11.3 Å². The Balaban J connectivity index is 0.00000225. The fourth-order valence-corrected chi connectivity index (χ4v) is 1.35. The fraction of sp³-hybridized carbons (Fsp3) is 0.417. The number of nitrogens with one attached hydrogen (secondary N) is 1. The summed E-state index contributed by atoms with van der Waals surface area (Å²) in [5.41, 5.74) is 1.26. The summed E-state index contributed by atoms with van der Waals surface area (Å²) in [4.78, 5) is 10.2. The van der Waals surface area contributed by atoms with E-state index in [1.807, 2.05) is 18.2 Å². The van der Waals surface area contributed by atoms with Crippen molar-refractivity contribution in [3.63, 3.8) is 0 Å². The van der Waals surface area contributed by atoms with E-state index in [2.05, 4.69) is 17.4 Å². The Morgan fingerprint density at radius 2 is 1.88 bits per heavy atom. The van der Waals surface area contributed by atoms with Gasteiger partial charge in [0.1, 0.15) is 0 Å². The van der Waals surface area contributed by atoms with E-state index >= 15 is 0 Å². The van der Waals surface area contributed by atoms with Crippen molar-refractivity contribution in [2.75, 3.05) is 6.54 Å². The zero-order valence-electron chi connectivity index (χ0n) is 9.19. The number of carboxylic acids is 1. The maximum absolute atomic E-state index is 10.2. The summed E-state index contributed by atoms with van der Waals surface area (Å²) in [6.07, 6.45) is 1.93. The highest BCUT2D eigenvalue weighted by Gasteiger charge is 1.96. The molecular formula is C12H18ClNO2. The number of aliphatic carboxylic acids is 1. The molecule has 0 spiro atoms. The van der Waals surface area contributed by atoms with Gasteiger partial charge in [0, 0.05) is 13.0 Å². The molecule has 3 nitrogen and oxygen atoms in total. The number of benzene rings is 1. The highest BCUT2D eigenvalue weighted by Crippen LogP contribution is 1.98. The number of hydrogen-bond acceptors (Lipinski definition) is 2. The lowest BCUT2D eigenvalue weighted by molar-refractivity contribution is -0.137. The molecule has 0 aliphatic rings. The Morgan fingerprint density at radius 3 is 2.50 bits per heavy atom. The van der Waals surface area contributed by atoms with Crippen LogP contribution in [0.15, 0.2) is 30.3 Å². The predicted molar refractivity (Wildman–Crippen MR) is 66.9 cm³/mol. The van der Waals surface area contributed by atoms with Crippen LogP contribution in [-0.4, -0.2) is 17.6 Å². The second kappa shape index (κ2) is 9.19. The standard InChI is InChI=1S/C12H17NO2.ClH/c14-12(15)8-4-5-9-13-10-11-6-2-1-3-7-11;/h1-3,6-7,13H,4-5,8-10H2,(H,14,15);1H. The van der Waals surface area contributed by atoms with Crippen molar-refractivity contribution in [2.24, 2.45) is 0 Å². The first-order valence-corrected chi connectivity index (χ1v) is 5.25. The Morgan fingerprint density at radius 1 is 1.19 bits per heavy atom. The lowest BCUT2D eigenvalue weighted by Crippen LogP contribution is -2.14. The third kappa shape index (κ3) is 7.26. The number of carbonyl (C=O) groups is 1. The van der Waals surface area contributed by atoms with E-state index in [0.717, 1.165) is 25.9 Å². The molecule has 2 N–H and O–H groups in total. The highest BCUT2D eigenvalue weighted by atomic mass is 35.5. The average Bonchev–Trinajstić information content (AvgIpc) is 2.24. The SMILES string of the molecule is Cl.O=C(O)CCCCNCc1ccccc1. The third-order valence-electron chi connectivity index (χ3n) is 2.17. The van der Waals surface area contributed by atoms with Gasteiger partial charge in [-0.1, -0.05) is 30.3 Å². The van der Waals surface area contributed by atoms with E-state index in [-0.39, 0.29) is 18.8 Å². The largest absolute Gasteiger partial charge is 0.481 e. The zero-order valence-corrected chi connectivity index (χ0v) is 10.0. The molecule has 0 heterocycles. The normalized spacial score (nSPS) is 9.50. The molecule has 0 fully saturated rings. The van der Waals surface area contributed by atoms with Crippen molar-refractivity contribution in [2.45, 2.75) is 25.8 Å². The van der Waals surface area contributed by atoms with Crippen LogP contribution in [0.25, 0.3) is 0 Å². The molecule has 1 rings (SSSR count). The third-order valence-corrected chi connectivity index (χ3v) is 2.17. The van der Waals surface area contributed by atoms with Gasteiger partial charge in [0.05, 0.1) is 0 Å². The molecule has 16 heavy (non-hydrogen) atoms. The number of carboxylic acid groups (broad SMARTS) is 1. The van der Waals surface area contributed by atoms with Crippen LogP contribution in [0.5, 0.6) is 0 Å². The molecule has 0 radical (unpaired) electrons. The van der Waals surface area contributed by atoms with Gasteiger partial charge in [-0.2, -0.15) is 0 Å². The van der Waals surface area contributed by atoms with Gasteiger partial charge in [0.15, 0.2) is 0 Å². The minimum Gasteiger partial charge on any atom is -0.481 e. The van der Waals surface area contributed by atoms with E-state index < -0.39 is 5.97 Å². The van der Waals surface area contributed by atoms with Crippen LogP contribution in [0.2, 0.25) is 0 Å². The number of halogens is 1. The first-order chi connectivity index (χ1) is 7.29. The molecule has 1 aromatic rings. The molecule has 0 aliphatic carbocycles. The minimum absolute atomic E-state index is 0. The van der Waals surface area contributed by atoms with Crippen LogP contribution >= 0.6 is 12.4 Å². The molecule has 0 unspecified atom stereocenters. The Bertz CT molecular complexity index is 290. The lowest BCUT2D eigenvalue weighted by atomic mass is 10.2. The van der Waals surface area contributed by atoms with Gasteiger partial charge in [-0.15, -0.1) is 12.4 Å². The fourth-order valence-electron chi connectivity index (χ4n) is 1.35. The van der Waals surface area contributed by atoms with Crippen LogP contribution in [0.1, 0.15) is 24.8 Å². The molecule has 0 atom stereocenters. The summed E-state index contributed by atoms with van der Waals surface area (Å²) in [5, 5.41) is 11.7. The van der Waals surface area contributed by atoms with Crippen LogP contribution in [0, 0.1) is 0 Å². The van der Waals surface area contributed by atoms with Gasteiger partial charge in [0.25, 0.3) is 0 Å². The molecule has 4 heteroatoms. The van der Waals surface area contributed by atoms with E-state index in [9.17, 15) is 4.79 Å². The highest BCUT2D eigenvalue weighted by molar-refractivity contribution is 5.85. The Labute approximate surface area is 102 Å². The van der Waals surface area contributed by atoms with Gasteiger partial charge in [-0.25, -0.2) is 0 Å². The maximum Gasteiger partial charge on any atom is 0.303 e. The lowest BCUT2D eigenvalue weighted by Gasteiger charge is -2.03. The van der Waals surface area contributed by atoms with E-state index in [4.69, 9.17) is 5.11 Å². The summed E-state index contributed by atoms with van der Waals surface area (Å²) in [7, 11) is 0. The zero-order chi connectivity index (χ0) is 10.9. The van der Waals surface area contributed by atoms with Crippen molar-refractivity contribution in [1.82, 2.24) is 5.32 Å². The average molecular weight is 244 g/mol. The van der Waals surface area contributed by atoms with Crippen LogP contribution in [0.3, 0.4) is 0 Å². The Hall–Kier alpha value is -1.06. The molecule has 0 aliphatic heterocycles. The molecule has 0 amide bonds. The van der Waals surface area contributed by atoms with Crippen molar-refractivity contribution in [3.8, 4) is 0 Å². The second-order valence-corrected chi connectivity index (χ2v) is 3.51. The van der Waals surface area contributed by atoms with Gasteiger partial charge < -0.3 is 10.4 Å². The predicted octanol–water partition coefficient (Wildman–Crippen LogP) is 2.45. The first-order valence-electron chi connectivity index (χ1n) is 5.25. The minimum atomic E-state index is -0.710. The van der Waals surface area contributed by atoms with Crippen molar-refractivity contribution in [3.05, 3.63) is 35.9 Å². The van der Waals surface area contributed by atoms with Crippen molar-refractivity contribution >= 4 is 18.4 Å². The van der Waals surface area contributed by atoms with E-state index in [0.29, 0.717) is 0 Å². The van der Waals surface area contributed by atoms with Crippen molar-refractivity contribution < 1.29 is 9.90 Å². The van der Waals surface area contributed by atoms with Gasteiger partial charge >= 0.3 is 5.97 Å². The second-order valence-electron chi connectivity index (χ2n) is 3.51. The quantitative estimate of drug-likeness (QED) is 0.724. The molecular weight excluding hydrogens is 226 g/mol.